The fraction of sp³-hybridized carbons (Fsp3) is 0.368. The molecule has 7 nitrogen and oxygen atoms in total. The number of ketones is 1. The Labute approximate surface area is 153 Å². The average Bonchev–Trinajstić information content (AvgIpc) is 3.04. The third-order valence-electron chi connectivity index (χ3n) is 4.93. The van der Waals surface area contributed by atoms with E-state index in [0.29, 0.717) is 6.54 Å². The monoisotopic (exact) mass is 350 g/mol. The highest BCUT2D eigenvalue weighted by atomic mass is 16.1. The molecule has 0 bridgehead atoms. The highest BCUT2D eigenvalue weighted by Gasteiger charge is 2.38. The molecule has 0 radical (unpaired) electrons. The third kappa shape index (κ3) is 3.31. The number of aryl methyl sites for hydroxylation is 1. The molecule has 0 amide bonds. The smallest absolute Gasteiger partial charge is 0.239 e. The van der Waals surface area contributed by atoms with Crippen molar-refractivity contribution in [3.63, 3.8) is 0 Å². The lowest BCUT2D eigenvalue weighted by Crippen LogP contribution is -2.45. The van der Waals surface area contributed by atoms with E-state index in [1.54, 1.807) is 29.4 Å². The number of carbonyl (C=O) groups is 1. The van der Waals surface area contributed by atoms with Crippen LogP contribution in [0.1, 0.15) is 25.3 Å². The van der Waals surface area contributed by atoms with Crippen LogP contribution in [0.25, 0.3) is 5.57 Å². The summed E-state index contributed by atoms with van der Waals surface area (Å²) in [4.78, 5) is 14.2. The molecule has 1 atom stereocenters. The van der Waals surface area contributed by atoms with Gasteiger partial charge in [0.1, 0.15) is 6.07 Å². The minimum atomic E-state index is -0.663. The zero-order chi connectivity index (χ0) is 18.7. The first-order valence-corrected chi connectivity index (χ1v) is 8.52. The van der Waals surface area contributed by atoms with E-state index in [1.165, 1.54) is 0 Å². The molecule has 1 unspecified atom stereocenters. The predicted octanol–water partition coefficient (Wildman–Crippen LogP) is 1.98. The van der Waals surface area contributed by atoms with Gasteiger partial charge in [0.05, 0.1) is 11.6 Å². The molecule has 1 fully saturated rings. The maximum absolute atomic E-state index is 12.1. The Morgan fingerprint density at radius 1 is 1.50 bits per heavy atom. The van der Waals surface area contributed by atoms with E-state index < -0.39 is 5.41 Å². The number of aromatic nitrogens is 2. The van der Waals surface area contributed by atoms with Crippen molar-refractivity contribution < 1.29 is 4.79 Å². The number of carbonyl (C=O) groups excluding carboxylic acids is 1. The zero-order valence-electron chi connectivity index (χ0n) is 15.1. The van der Waals surface area contributed by atoms with E-state index in [1.807, 2.05) is 26.2 Å². The number of Topliss-reactive ketones (excluding diaryl/α,β-unsaturated/α-hetero) is 1. The van der Waals surface area contributed by atoms with Crippen molar-refractivity contribution in [1.82, 2.24) is 20.1 Å². The summed E-state index contributed by atoms with van der Waals surface area (Å²) in [6.45, 7) is 7.45. The van der Waals surface area contributed by atoms with E-state index >= 15 is 0 Å². The molecule has 3 heterocycles. The van der Waals surface area contributed by atoms with Gasteiger partial charge in [-0.25, -0.2) is 0 Å². The first kappa shape index (κ1) is 17.7. The van der Waals surface area contributed by atoms with E-state index in [4.69, 9.17) is 5.26 Å². The van der Waals surface area contributed by atoms with Crippen molar-refractivity contribution >= 4 is 17.6 Å². The first-order chi connectivity index (χ1) is 12.4. The number of nitrogens with zero attached hydrogens (tertiary/aromatic N) is 5. The second-order valence-corrected chi connectivity index (χ2v) is 6.93. The van der Waals surface area contributed by atoms with Gasteiger partial charge in [-0.05, 0) is 25.8 Å². The van der Waals surface area contributed by atoms with Crippen LogP contribution in [-0.4, -0.2) is 39.8 Å². The molecule has 1 aromatic heterocycles. The van der Waals surface area contributed by atoms with Crippen molar-refractivity contribution in [2.45, 2.75) is 19.8 Å². The van der Waals surface area contributed by atoms with E-state index in [0.717, 1.165) is 41.8 Å². The van der Waals surface area contributed by atoms with Gasteiger partial charge in [0, 0.05) is 61.2 Å². The highest BCUT2D eigenvalue weighted by molar-refractivity contribution is 5.98. The quantitative estimate of drug-likeness (QED) is 0.843. The molecule has 1 saturated heterocycles. The van der Waals surface area contributed by atoms with E-state index in [9.17, 15) is 4.79 Å². The Bertz CT molecular complexity index is 869. The number of hydrogen-bond acceptors (Lipinski definition) is 6. The van der Waals surface area contributed by atoms with Crippen LogP contribution in [0.5, 0.6) is 0 Å². The minimum absolute atomic E-state index is 0.363. The van der Waals surface area contributed by atoms with Crippen LogP contribution < -0.4 is 5.43 Å². The maximum atomic E-state index is 12.1. The van der Waals surface area contributed by atoms with Crippen molar-refractivity contribution in [1.29, 1.82) is 5.26 Å². The molecule has 26 heavy (non-hydrogen) atoms. The van der Waals surface area contributed by atoms with Crippen molar-refractivity contribution in [2.75, 3.05) is 13.1 Å². The molecule has 3 rings (SSSR count). The van der Waals surface area contributed by atoms with Crippen LogP contribution >= 0.6 is 0 Å². The summed E-state index contributed by atoms with van der Waals surface area (Å²) in [5.41, 5.74) is 5.78. The van der Waals surface area contributed by atoms with Crippen LogP contribution in [0.3, 0.4) is 0 Å². The molecule has 0 aromatic carbocycles. The first-order valence-electron chi connectivity index (χ1n) is 8.52. The molecule has 0 saturated carbocycles. The molecule has 134 valence electrons. The van der Waals surface area contributed by atoms with Gasteiger partial charge < -0.3 is 4.90 Å². The lowest BCUT2D eigenvalue weighted by atomic mass is 9.78. The van der Waals surface area contributed by atoms with Crippen molar-refractivity contribution in [3.05, 3.63) is 48.1 Å². The molecule has 2 aliphatic heterocycles. The number of piperidine rings is 1. The minimum Gasteiger partial charge on any atom is -0.370 e. The Balaban J connectivity index is 1.93. The van der Waals surface area contributed by atoms with Crippen LogP contribution in [0, 0.1) is 16.7 Å². The number of allylic oxidation sites excluding steroid dienone is 2. The number of hydrazone groups is 1. The third-order valence-corrected chi connectivity index (χ3v) is 4.93. The number of nitriles is 1. The largest absolute Gasteiger partial charge is 0.370 e. The van der Waals surface area contributed by atoms with Gasteiger partial charge in [-0.15, -0.1) is 0 Å². The van der Waals surface area contributed by atoms with Gasteiger partial charge in [-0.3, -0.25) is 14.9 Å². The van der Waals surface area contributed by atoms with Crippen molar-refractivity contribution in [3.8, 4) is 6.07 Å². The summed E-state index contributed by atoms with van der Waals surface area (Å²) >= 11 is 0. The normalized spacial score (nSPS) is 26.5. The second-order valence-electron chi connectivity index (χ2n) is 6.93. The van der Waals surface area contributed by atoms with Crippen LogP contribution in [-0.2, 0) is 11.8 Å². The SMILES string of the molecule is C=C1C(N2CCCC(C)(C(=O)C#N)C2)=C/C=N\N/C=C\1c1cnn(C)c1. The Kier molecular flexibility index (Phi) is 4.76. The fourth-order valence-electron chi connectivity index (χ4n) is 3.46. The predicted molar refractivity (Wildman–Crippen MR) is 99.6 cm³/mol. The van der Waals surface area contributed by atoms with Gasteiger partial charge in [0.2, 0.25) is 5.78 Å². The standard InChI is InChI=1S/C19H22N6O/c1-14-16(15-10-23-24(3)12-15)11-22-21-7-5-17(14)25-8-4-6-19(2,13-25)18(26)9-20/h5,7,10-12,22H,1,4,6,8,13H2,2-3H3/b16-11+,17-5?,21-7-. The molecule has 7 heteroatoms. The van der Waals surface area contributed by atoms with Crippen molar-refractivity contribution in [2.24, 2.45) is 17.6 Å². The van der Waals surface area contributed by atoms with Crippen LogP contribution in [0.4, 0.5) is 0 Å². The zero-order valence-corrected chi connectivity index (χ0v) is 15.1. The molecular formula is C19H22N6O. The van der Waals surface area contributed by atoms with E-state index in [-0.39, 0.29) is 5.78 Å². The Hall–Kier alpha value is -3.14. The van der Waals surface area contributed by atoms with Gasteiger partial charge in [0.25, 0.3) is 0 Å². The topological polar surface area (TPSA) is 86.3 Å². The molecule has 0 spiro atoms. The molecule has 0 aliphatic carbocycles. The summed E-state index contributed by atoms with van der Waals surface area (Å²) in [6.07, 6.45) is 10.6. The fourth-order valence-corrected chi connectivity index (χ4v) is 3.46. The van der Waals surface area contributed by atoms with E-state index in [2.05, 4.69) is 27.1 Å². The van der Waals surface area contributed by atoms with Crippen LogP contribution in [0.2, 0.25) is 0 Å². The van der Waals surface area contributed by atoms with Gasteiger partial charge in [0.15, 0.2) is 0 Å². The second kappa shape index (κ2) is 7.00. The van der Waals surface area contributed by atoms with Gasteiger partial charge >= 0.3 is 0 Å². The lowest BCUT2D eigenvalue weighted by molar-refractivity contribution is -0.124. The molecule has 2 aliphatic rings. The number of likely N-dealkylation sites (tertiary alicyclic amines) is 1. The van der Waals surface area contributed by atoms with Gasteiger partial charge in [-0.2, -0.15) is 15.5 Å². The number of hydrogen-bond donors (Lipinski definition) is 1. The molecule has 1 N–H and O–H groups in total. The summed E-state index contributed by atoms with van der Waals surface area (Å²) in [7, 11) is 1.86. The highest BCUT2D eigenvalue weighted by Crippen LogP contribution is 2.36. The molecular weight excluding hydrogens is 328 g/mol. The van der Waals surface area contributed by atoms with Crippen LogP contribution in [0.15, 0.2) is 47.6 Å². The average molecular weight is 350 g/mol. The maximum Gasteiger partial charge on any atom is 0.239 e. The Morgan fingerprint density at radius 3 is 3.00 bits per heavy atom. The number of nitrogens with one attached hydrogen (secondary N) is 1. The lowest BCUT2D eigenvalue weighted by Gasteiger charge is -2.41. The summed E-state index contributed by atoms with van der Waals surface area (Å²) < 4.78 is 1.73. The number of rotatable bonds is 3. The molecule has 1 aromatic rings. The summed E-state index contributed by atoms with van der Waals surface area (Å²) in [5.74, 6) is -0.363. The summed E-state index contributed by atoms with van der Waals surface area (Å²) in [5, 5.41) is 17.4. The Morgan fingerprint density at radius 2 is 2.31 bits per heavy atom. The van der Waals surface area contributed by atoms with Gasteiger partial charge in [-0.1, -0.05) is 6.58 Å². The summed E-state index contributed by atoms with van der Waals surface area (Å²) in [6, 6.07) is 1.80.